The van der Waals surface area contributed by atoms with Gasteiger partial charge in [-0.1, -0.05) is 42.3 Å². The van der Waals surface area contributed by atoms with E-state index in [0.29, 0.717) is 27.3 Å². The van der Waals surface area contributed by atoms with Crippen molar-refractivity contribution in [1.82, 2.24) is 15.1 Å². The predicted molar refractivity (Wildman–Crippen MR) is 148 cm³/mol. The summed E-state index contributed by atoms with van der Waals surface area (Å²) in [6.07, 6.45) is 7.82. The Labute approximate surface area is 227 Å². The summed E-state index contributed by atoms with van der Waals surface area (Å²) < 4.78 is 7.25. The van der Waals surface area contributed by atoms with Gasteiger partial charge in [-0.2, -0.15) is 10.4 Å². The zero-order chi connectivity index (χ0) is 26.4. The Morgan fingerprint density at radius 3 is 2.58 bits per heavy atom. The highest BCUT2D eigenvalue weighted by atomic mass is 35.5. The number of halogens is 1. The summed E-state index contributed by atoms with van der Waals surface area (Å²) in [6, 6.07) is 19.5. The van der Waals surface area contributed by atoms with Gasteiger partial charge in [0.15, 0.2) is 0 Å². The lowest BCUT2D eigenvalue weighted by Gasteiger charge is -2.54. The average molecular weight is 525 g/mol. The molecular formula is C31H29ClN4O2. The molecule has 1 aromatic heterocycles. The van der Waals surface area contributed by atoms with E-state index in [0.717, 1.165) is 40.4 Å². The summed E-state index contributed by atoms with van der Waals surface area (Å²) in [7, 11) is 1.59. The van der Waals surface area contributed by atoms with Crippen molar-refractivity contribution < 1.29 is 9.53 Å². The van der Waals surface area contributed by atoms with Crippen LogP contribution in [0.1, 0.15) is 66.6 Å². The second kappa shape index (κ2) is 9.49. The minimum absolute atomic E-state index is 0.0681. The molecule has 2 aliphatic rings. The Kier molecular flexibility index (Phi) is 6.12. The fourth-order valence-electron chi connectivity index (χ4n) is 6.09. The van der Waals surface area contributed by atoms with Crippen LogP contribution in [-0.2, 0) is 0 Å². The first-order valence-electron chi connectivity index (χ1n) is 13.1. The predicted octanol–water partition coefficient (Wildman–Crippen LogP) is 6.91. The third kappa shape index (κ3) is 4.21. The molecule has 1 amide bonds. The largest absolute Gasteiger partial charge is 0.497 e. The maximum Gasteiger partial charge on any atom is 0.253 e. The third-order valence-corrected chi connectivity index (χ3v) is 8.75. The lowest BCUT2D eigenvalue weighted by molar-refractivity contribution is -0.000604. The summed E-state index contributed by atoms with van der Waals surface area (Å²) in [4.78, 5) is 13.4. The molecule has 1 heterocycles. The molecule has 6 rings (SSSR count). The number of hydrogen-bond donors (Lipinski definition) is 1. The van der Waals surface area contributed by atoms with E-state index in [2.05, 4.69) is 35.5 Å². The van der Waals surface area contributed by atoms with Crippen molar-refractivity contribution in [2.75, 3.05) is 7.11 Å². The highest BCUT2D eigenvalue weighted by Crippen LogP contribution is 2.55. The molecule has 1 spiro atoms. The van der Waals surface area contributed by atoms with Crippen LogP contribution < -0.4 is 10.1 Å². The van der Waals surface area contributed by atoms with Gasteiger partial charge in [-0.15, -0.1) is 0 Å². The number of carbonyl (C=O) groups excluding carboxylic acids is 1. The van der Waals surface area contributed by atoms with E-state index < -0.39 is 0 Å². The lowest BCUT2D eigenvalue weighted by atomic mass is 9.54. The summed E-state index contributed by atoms with van der Waals surface area (Å²) in [6.45, 7) is 2.07. The van der Waals surface area contributed by atoms with Gasteiger partial charge >= 0.3 is 0 Å². The fourth-order valence-corrected chi connectivity index (χ4v) is 6.29. The monoisotopic (exact) mass is 524 g/mol. The number of benzene rings is 3. The van der Waals surface area contributed by atoms with Crippen LogP contribution in [0.25, 0.3) is 22.0 Å². The molecule has 2 saturated carbocycles. The van der Waals surface area contributed by atoms with Gasteiger partial charge in [0.25, 0.3) is 5.91 Å². The van der Waals surface area contributed by atoms with Gasteiger partial charge in [0, 0.05) is 11.4 Å². The Hall–Kier alpha value is -3.82. The number of aromatic nitrogens is 2. The average Bonchev–Trinajstić information content (AvgIpc) is 3.35. The van der Waals surface area contributed by atoms with Crippen LogP contribution >= 0.6 is 11.6 Å². The number of hydrogen-bond acceptors (Lipinski definition) is 4. The standard InChI is InChI=1S/C31H29ClN4O2/c1-19(21-4-6-22(7-5-21)23-12-20(17-33)13-25(14-23)38-2)36-29-26(8-9-28(32)27(29)18-34-36)30(37)35-24-15-31(16-24)10-3-11-31/h4-9,12-14,18-19,24H,3,10-11,15-16H2,1-2H3,(H,35,37)/t19-/m1/s1. The zero-order valence-electron chi connectivity index (χ0n) is 21.5. The first kappa shape index (κ1) is 24.5. The minimum Gasteiger partial charge on any atom is -0.497 e. The molecule has 3 aromatic carbocycles. The summed E-state index contributed by atoms with van der Waals surface area (Å²) in [5.74, 6) is 0.577. The van der Waals surface area contributed by atoms with Crippen LogP contribution in [0.2, 0.25) is 5.02 Å². The molecule has 2 fully saturated rings. The Bertz CT molecular complexity index is 1570. The van der Waals surface area contributed by atoms with Gasteiger partial charge in [0.05, 0.1) is 47.1 Å². The molecule has 0 bridgehead atoms. The van der Waals surface area contributed by atoms with Crippen molar-refractivity contribution in [3.8, 4) is 22.9 Å². The molecule has 38 heavy (non-hydrogen) atoms. The molecule has 0 saturated heterocycles. The molecule has 2 aliphatic carbocycles. The number of nitriles is 1. The number of rotatable bonds is 6. The molecule has 0 radical (unpaired) electrons. The number of fused-ring (bicyclic) bond motifs is 1. The second-order valence-electron chi connectivity index (χ2n) is 10.7. The van der Waals surface area contributed by atoms with Crippen LogP contribution in [0.4, 0.5) is 0 Å². The molecule has 1 atom stereocenters. The zero-order valence-corrected chi connectivity index (χ0v) is 22.3. The van der Waals surface area contributed by atoms with Crippen LogP contribution in [0.3, 0.4) is 0 Å². The molecule has 0 aliphatic heterocycles. The van der Waals surface area contributed by atoms with Crippen LogP contribution in [0, 0.1) is 16.7 Å². The Morgan fingerprint density at radius 1 is 1.16 bits per heavy atom. The molecule has 6 nitrogen and oxygen atoms in total. The second-order valence-corrected chi connectivity index (χ2v) is 11.1. The van der Waals surface area contributed by atoms with Crippen LogP contribution in [-0.4, -0.2) is 28.8 Å². The van der Waals surface area contributed by atoms with Gasteiger partial charge in [-0.05, 0) is 85.0 Å². The summed E-state index contributed by atoms with van der Waals surface area (Å²) >= 11 is 6.53. The SMILES string of the molecule is COc1cc(C#N)cc(-c2ccc([C@@H](C)n3ncc4c(Cl)ccc(C(=O)NC5CC6(CCC6)C5)c43)cc2)c1. The van der Waals surface area contributed by atoms with E-state index in [4.69, 9.17) is 16.3 Å². The van der Waals surface area contributed by atoms with Gasteiger partial charge in [0.1, 0.15) is 5.75 Å². The van der Waals surface area contributed by atoms with Crippen LogP contribution in [0.5, 0.6) is 5.75 Å². The van der Waals surface area contributed by atoms with E-state index in [9.17, 15) is 10.1 Å². The third-order valence-electron chi connectivity index (χ3n) is 8.42. The number of carbonyl (C=O) groups is 1. The Balaban J connectivity index is 1.28. The highest BCUT2D eigenvalue weighted by Gasteiger charge is 2.48. The van der Waals surface area contributed by atoms with Crippen molar-refractivity contribution >= 4 is 28.4 Å². The van der Waals surface area contributed by atoms with E-state index in [1.807, 2.05) is 28.9 Å². The van der Waals surface area contributed by atoms with Gasteiger partial charge < -0.3 is 10.1 Å². The quantitative estimate of drug-likeness (QED) is 0.297. The topological polar surface area (TPSA) is 79.9 Å². The first-order chi connectivity index (χ1) is 18.4. The minimum atomic E-state index is -0.131. The van der Waals surface area contributed by atoms with Gasteiger partial charge in [-0.25, -0.2) is 0 Å². The molecule has 192 valence electrons. The van der Waals surface area contributed by atoms with Crippen molar-refractivity contribution in [2.24, 2.45) is 5.41 Å². The van der Waals surface area contributed by atoms with Crippen molar-refractivity contribution in [3.05, 3.63) is 82.5 Å². The maximum absolute atomic E-state index is 13.4. The van der Waals surface area contributed by atoms with E-state index >= 15 is 0 Å². The maximum atomic E-state index is 13.4. The van der Waals surface area contributed by atoms with E-state index in [1.54, 1.807) is 31.5 Å². The summed E-state index contributed by atoms with van der Waals surface area (Å²) in [5, 5.41) is 18.6. The molecule has 1 N–H and O–H groups in total. The number of nitrogens with zero attached hydrogens (tertiary/aromatic N) is 3. The Morgan fingerprint density at radius 2 is 1.92 bits per heavy atom. The number of ether oxygens (including phenoxy) is 1. The lowest BCUT2D eigenvalue weighted by Crippen LogP contribution is -2.53. The highest BCUT2D eigenvalue weighted by molar-refractivity contribution is 6.36. The molecule has 0 unspecified atom stereocenters. The normalized spacial score (nSPS) is 16.9. The molecule has 7 heteroatoms. The van der Waals surface area contributed by atoms with Gasteiger partial charge in [-0.3, -0.25) is 9.48 Å². The summed E-state index contributed by atoms with van der Waals surface area (Å²) in [5.41, 5.74) is 5.32. The molecular weight excluding hydrogens is 496 g/mol. The van der Waals surface area contributed by atoms with Crippen molar-refractivity contribution in [1.29, 1.82) is 5.26 Å². The molecule has 4 aromatic rings. The number of methoxy groups -OCH3 is 1. The van der Waals surface area contributed by atoms with Gasteiger partial charge in [0.2, 0.25) is 0 Å². The van der Waals surface area contributed by atoms with Crippen LogP contribution in [0.15, 0.2) is 60.8 Å². The van der Waals surface area contributed by atoms with E-state index in [1.165, 1.54) is 19.3 Å². The van der Waals surface area contributed by atoms with Crippen molar-refractivity contribution in [2.45, 2.75) is 51.1 Å². The first-order valence-corrected chi connectivity index (χ1v) is 13.4. The van der Waals surface area contributed by atoms with Crippen molar-refractivity contribution in [3.63, 3.8) is 0 Å². The van der Waals surface area contributed by atoms with E-state index in [-0.39, 0.29) is 18.0 Å². The number of amides is 1. The number of nitrogens with one attached hydrogen (secondary N) is 1. The smallest absolute Gasteiger partial charge is 0.253 e. The fraction of sp³-hybridized carbons (Fsp3) is 0.323.